The van der Waals surface area contributed by atoms with Gasteiger partial charge in [-0.2, -0.15) is 0 Å². The Morgan fingerprint density at radius 3 is 1.88 bits per heavy atom. The molecule has 0 aromatic rings. The maximum atomic E-state index is 8.35. The molecule has 0 spiro atoms. The van der Waals surface area contributed by atoms with E-state index in [1.165, 1.54) is 12.8 Å². The van der Waals surface area contributed by atoms with E-state index in [-0.39, 0.29) is 0 Å². The minimum Gasteiger partial charge on any atom is -0.427 e. The molecule has 0 aromatic heterocycles. The normalized spacial score (nSPS) is 7.25. The van der Waals surface area contributed by atoms with Gasteiger partial charge in [0.05, 0.1) is 0 Å². The second-order valence-electron chi connectivity index (χ2n) is 1.22. The third kappa shape index (κ3) is 39.1. The fourth-order valence-electron chi connectivity index (χ4n) is 0.204. The maximum Gasteiger partial charge on any atom is -0.00774 e. The van der Waals surface area contributed by atoms with Gasteiger partial charge in [-0.3, -0.25) is 0 Å². The third-order valence-corrected chi connectivity index (χ3v) is 0.558. The Hall–Kier alpha value is -0.0900. The summed E-state index contributed by atoms with van der Waals surface area (Å²) in [5.74, 6) is 0. The van der Waals surface area contributed by atoms with Gasteiger partial charge in [0.15, 0.2) is 0 Å². The van der Waals surface area contributed by atoms with E-state index in [9.17, 15) is 0 Å². The first-order valence-electron chi connectivity index (χ1n) is 2.48. The van der Waals surface area contributed by atoms with E-state index < -0.39 is 11.6 Å². The van der Waals surface area contributed by atoms with Gasteiger partial charge >= 0.3 is 0 Å². The molecule has 0 aliphatic heterocycles. The molecule has 0 bridgehead atoms. The summed E-state index contributed by atoms with van der Waals surface area (Å²) in [4.78, 5) is 0. The molecule has 8 heavy (non-hydrogen) atoms. The van der Waals surface area contributed by atoms with Crippen LogP contribution in [0.25, 0.3) is 0 Å². The lowest BCUT2D eigenvalue weighted by Gasteiger charge is -1.80. The minimum atomic E-state index is -1.08. The van der Waals surface area contributed by atoms with Gasteiger partial charge < -0.3 is 14.2 Å². The van der Waals surface area contributed by atoms with Crippen LogP contribution in [-0.4, -0.2) is 6.54 Å². The van der Waals surface area contributed by atoms with Crippen molar-refractivity contribution in [1.29, 1.82) is 0 Å². The summed E-state index contributed by atoms with van der Waals surface area (Å²) in [6.45, 7) is 2.98. The van der Waals surface area contributed by atoms with Crippen LogP contribution in [0.3, 0.4) is 0 Å². The van der Waals surface area contributed by atoms with Crippen LogP contribution in [0.2, 0.25) is 0 Å². The summed E-state index contributed by atoms with van der Waals surface area (Å²) in [6.07, 6.45) is 2.39. The summed E-state index contributed by atoms with van der Waals surface area (Å²) < 4.78 is 16.7. The predicted octanol–water partition coefficient (Wildman–Crippen LogP) is 0.238. The Labute approximate surface area is 52.9 Å². The van der Waals surface area contributed by atoms with Gasteiger partial charge in [0.2, 0.25) is 0 Å². The van der Waals surface area contributed by atoms with E-state index >= 15 is 0 Å². The van der Waals surface area contributed by atoms with Crippen molar-refractivity contribution in [3.63, 3.8) is 0 Å². The van der Waals surface area contributed by atoms with E-state index in [4.69, 9.17) is 14.2 Å². The molecule has 52 valence electrons. The fraction of sp³-hybridized carbons (Fsp3) is 1.00. The van der Waals surface area contributed by atoms with Crippen molar-refractivity contribution in [2.45, 2.75) is 19.8 Å². The zero-order valence-corrected chi connectivity index (χ0v) is 5.86. The number of thiol groups is 1. The van der Waals surface area contributed by atoms with Crippen molar-refractivity contribution in [2.75, 3.05) is 6.54 Å². The highest BCUT2D eigenvalue weighted by molar-refractivity contribution is 7.51. The molecule has 2 N–H and O–H groups in total. The summed E-state index contributed by atoms with van der Waals surface area (Å²) in [6, 6.07) is 0. The van der Waals surface area contributed by atoms with E-state index in [0.29, 0.717) is 0 Å². The van der Waals surface area contributed by atoms with Crippen molar-refractivity contribution in [2.24, 2.45) is 5.73 Å². The van der Waals surface area contributed by atoms with Gasteiger partial charge in [-0.05, 0) is 13.0 Å². The first-order valence-corrected chi connectivity index (χ1v) is 3.21. The van der Waals surface area contributed by atoms with Crippen LogP contribution in [0, 0.1) is 0 Å². The Morgan fingerprint density at radius 2 is 1.88 bits per heavy atom. The molecule has 0 unspecified atom stereocenters. The molecular weight excluding hydrogens is 126 g/mol. The zero-order valence-electron chi connectivity index (χ0n) is 4.96. The van der Waals surface area contributed by atoms with E-state index in [2.05, 4.69) is 6.92 Å². The average molecular weight is 138 g/mol. The van der Waals surface area contributed by atoms with Crippen LogP contribution in [0.1, 0.15) is 19.8 Å². The van der Waals surface area contributed by atoms with E-state index in [1.54, 1.807) is 0 Å². The average Bonchev–Trinajstić information content (AvgIpc) is 1.71. The molecule has 3 nitrogen and oxygen atoms in total. The van der Waals surface area contributed by atoms with Crippen molar-refractivity contribution in [1.82, 2.24) is 0 Å². The monoisotopic (exact) mass is 138 g/mol. The molecule has 0 aliphatic rings. The van der Waals surface area contributed by atoms with Crippen molar-refractivity contribution >= 4 is 11.6 Å². The van der Waals surface area contributed by atoms with Gasteiger partial charge in [0, 0.05) is 0 Å². The maximum absolute atomic E-state index is 8.35. The van der Waals surface area contributed by atoms with Crippen LogP contribution >= 0.6 is 0 Å². The second kappa shape index (κ2) is 15.8. The Balaban J connectivity index is 0. The molecule has 0 amide bonds. The quantitative estimate of drug-likeness (QED) is 0.439. The molecule has 0 atom stereocenters. The number of hydrogen-bond acceptors (Lipinski definition) is 4. The molecule has 0 radical (unpaired) electrons. The number of nitrogens with two attached hydrogens (primary N) is 1. The predicted molar refractivity (Wildman–Crippen MR) is 34.1 cm³/mol. The fourth-order valence-corrected chi connectivity index (χ4v) is 0.204. The number of hydrogen-bond donors (Lipinski definition) is 1. The molecular formula is C4H12NO2S-. The largest absolute Gasteiger partial charge is 0.427 e. The van der Waals surface area contributed by atoms with E-state index in [0.717, 1.165) is 6.54 Å². The highest BCUT2D eigenvalue weighted by atomic mass is 32.1. The Bertz CT molecular complexity index is 59.1. The van der Waals surface area contributed by atoms with Crippen molar-refractivity contribution in [3.8, 4) is 0 Å². The molecule has 0 aromatic carbocycles. The number of rotatable bonds is 2. The molecule has 0 saturated carbocycles. The van der Waals surface area contributed by atoms with Gasteiger partial charge in [-0.25, -0.2) is 0 Å². The molecule has 0 fully saturated rings. The Morgan fingerprint density at radius 1 is 1.50 bits per heavy atom. The minimum absolute atomic E-state index is 0.844. The smallest absolute Gasteiger partial charge is 0.00774 e. The van der Waals surface area contributed by atoms with Gasteiger partial charge in [-0.15, -0.1) is 0 Å². The van der Waals surface area contributed by atoms with Crippen molar-refractivity contribution in [3.05, 3.63) is 0 Å². The van der Waals surface area contributed by atoms with Gasteiger partial charge in [0.1, 0.15) is 0 Å². The molecule has 4 heteroatoms. The highest BCUT2D eigenvalue weighted by Crippen LogP contribution is 1.77. The van der Waals surface area contributed by atoms with Crippen LogP contribution in [0.4, 0.5) is 0 Å². The summed E-state index contributed by atoms with van der Waals surface area (Å²) in [7, 11) is 0. The summed E-state index contributed by atoms with van der Waals surface area (Å²) in [5, 5.41) is 0. The highest BCUT2D eigenvalue weighted by Gasteiger charge is 1.67. The topological polar surface area (TPSA) is 60.2 Å². The summed E-state index contributed by atoms with van der Waals surface area (Å²) in [5.41, 5.74) is 5.14. The van der Waals surface area contributed by atoms with Gasteiger partial charge in [0.25, 0.3) is 0 Å². The lowest BCUT2D eigenvalue weighted by Crippen LogP contribution is -1.95. The second-order valence-corrected chi connectivity index (χ2v) is 1.37. The van der Waals surface area contributed by atoms with Crippen molar-refractivity contribution < 1.29 is 8.42 Å². The molecule has 0 saturated heterocycles. The SMILES string of the molecule is CCCCN.O=[SH-]=O. The van der Waals surface area contributed by atoms with Crippen LogP contribution in [-0.2, 0) is 20.0 Å². The lowest BCUT2D eigenvalue weighted by atomic mass is 10.3. The van der Waals surface area contributed by atoms with E-state index in [1.807, 2.05) is 0 Å². The first-order chi connectivity index (χ1) is 3.83. The third-order valence-electron chi connectivity index (χ3n) is 0.558. The zero-order chi connectivity index (χ0) is 6.83. The molecule has 0 heterocycles. The Kier molecular flexibility index (Phi) is 21.3. The number of unbranched alkanes of at least 4 members (excludes halogenated alkanes) is 1. The summed E-state index contributed by atoms with van der Waals surface area (Å²) >= 11 is -1.08. The molecule has 0 rings (SSSR count). The lowest BCUT2D eigenvalue weighted by molar-refractivity contribution is 0.541. The van der Waals surface area contributed by atoms with Gasteiger partial charge in [-0.1, -0.05) is 24.9 Å². The van der Waals surface area contributed by atoms with Crippen LogP contribution < -0.4 is 5.73 Å². The van der Waals surface area contributed by atoms with Crippen LogP contribution in [0.15, 0.2) is 0 Å². The first kappa shape index (κ1) is 10.8. The standard InChI is InChI=1S/C4H11N.HO2S/c1-2-3-4-5;1-3-2/h2-5H2,1H3;3H/q;-1. The van der Waals surface area contributed by atoms with Crippen LogP contribution in [0.5, 0.6) is 0 Å². The molecule has 0 aliphatic carbocycles.